The zero-order chi connectivity index (χ0) is 22.9. The Morgan fingerprint density at radius 3 is 2.82 bits per heavy atom. The number of hydrogen-bond donors (Lipinski definition) is 3. The summed E-state index contributed by atoms with van der Waals surface area (Å²) in [4.78, 5) is 42.6. The van der Waals surface area contributed by atoms with Crippen molar-refractivity contribution in [2.24, 2.45) is 28.5 Å². The van der Waals surface area contributed by atoms with Crippen LogP contribution >= 0.6 is 0 Å². The zero-order valence-electron chi connectivity index (χ0n) is 18.3. The number of carbonyl (C=O) groups is 2. The number of aliphatic imine (C=N–C) groups is 1. The first-order valence-corrected chi connectivity index (χ1v) is 11.1. The van der Waals surface area contributed by atoms with E-state index in [0.29, 0.717) is 24.5 Å². The number of nitrogens with one attached hydrogen (secondary N) is 2. The van der Waals surface area contributed by atoms with Crippen LogP contribution in [0, 0.1) is 17.8 Å². The van der Waals surface area contributed by atoms with Crippen LogP contribution in [-0.2, 0) is 33.7 Å². The lowest BCUT2D eigenvalue weighted by Crippen LogP contribution is -2.41. The highest BCUT2D eigenvalue weighted by atomic mass is 16.6. The van der Waals surface area contributed by atoms with E-state index < -0.39 is 0 Å². The lowest BCUT2D eigenvalue weighted by Gasteiger charge is -2.27. The van der Waals surface area contributed by atoms with E-state index in [0.717, 1.165) is 28.9 Å². The van der Waals surface area contributed by atoms with Crippen molar-refractivity contribution < 1.29 is 14.4 Å². The molecule has 1 aliphatic heterocycles. The first-order chi connectivity index (χ1) is 16.0. The molecule has 0 saturated heterocycles. The molecular formula is C24H26N6O3. The van der Waals surface area contributed by atoms with E-state index in [9.17, 15) is 9.59 Å². The maximum Gasteiger partial charge on any atom is 0.247 e. The van der Waals surface area contributed by atoms with E-state index in [-0.39, 0.29) is 42.0 Å². The van der Waals surface area contributed by atoms with Gasteiger partial charge in [0.05, 0.1) is 25.1 Å². The molecule has 2 bridgehead atoms. The van der Waals surface area contributed by atoms with E-state index in [1.54, 1.807) is 0 Å². The molecule has 1 aromatic carbocycles. The average molecular weight is 447 g/mol. The molecule has 4 unspecified atom stereocenters. The number of primary amides is 1. The first-order valence-electron chi connectivity index (χ1n) is 11.1. The molecule has 2 heterocycles. The van der Waals surface area contributed by atoms with Gasteiger partial charge in [-0.3, -0.25) is 19.4 Å². The third kappa shape index (κ3) is 4.23. The zero-order valence-corrected chi connectivity index (χ0v) is 18.3. The number of carbonyl (C=O) groups excluding carboxylic acids is 2. The van der Waals surface area contributed by atoms with Gasteiger partial charge in [0.2, 0.25) is 11.8 Å². The number of benzene rings is 1. The third-order valence-electron chi connectivity index (χ3n) is 6.53. The summed E-state index contributed by atoms with van der Waals surface area (Å²) >= 11 is 0. The fraction of sp³-hybridized carbons (Fsp3) is 0.375. The Morgan fingerprint density at radius 1 is 1.18 bits per heavy atom. The number of hydrogen-bond acceptors (Lipinski definition) is 7. The van der Waals surface area contributed by atoms with Crippen LogP contribution in [0.15, 0.2) is 41.4 Å². The van der Waals surface area contributed by atoms with E-state index in [2.05, 4.69) is 32.8 Å². The normalized spacial score (nSPS) is 24.2. The number of hydroxylamine groups is 1. The van der Waals surface area contributed by atoms with Crippen LogP contribution in [0.4, 0.5) is 11.5 Å². The predicted molar refractivity (Wildman–Crippen MR) is 123 cm³/mol. The highest BCUT2D eigenvalue weighted by Crippen LogP contribution is 2.45. The summed E-state index contributed by atoms with van der Waals surface area (Å²) in [6.07, 6.45) is 8.41. The minimum absolute atomic E-state index is 0.0947. The highest BCUT2D eigenvalue weighted by Gasteiger charge is 2.47. The lowest BCUT2D eigenvalue weighted by atomic mass is 9.88. The molecular weight excluding hydrogens is 420 g/mol. The first kappa shape index (κ1) is 21.3. The monoisotopic (exact) mass is 446 g/mol. The van der Waals surface area contributed by atoms with Crippen molar-refractivity contribution in [2.45, 2.75) is 31.7 Å². The maximum absolute atomic E-state index is 12.1. The fourth-order valence-electron chi connectivity index (χ4n) is 5.17. The Kier molecular flexibility index (Phi) is 5.63. The van der Waals surface area contributed by atoms with Crippen LogP contribution in [0.25, 0.3) is 0 Å². The van der Waals surface area contributed by atoms with Gasteiger partial charge in [-0.15, -0.1) is 0 Å². The standard InChI is InChI=1S/C24H26N6O3/c1-33-30-19(31)11-14-4-2-3-13(9-14)10-18-27-17-7-8-26-22(17)24(28-18)29-21-16-6-5-15(12-16)20(21)23(25)32/h2-6,8-9,15-16,20-21H,7,10-12H2,1H3,(H2,25,32)(H,30,31)(H,27,28,29). The minimum atomic E-state index is -0.284. The van der Waals surface area contributed by atoms with Crippen molar-refractivity contribution in [2.75, 3.05) is 12.4 Å². The second kappa shape index (κ2) is 8.74. The van der Waals surface area contributed by atoms with Gasteiger partial charge in [-0.25, -0.2) is 15.4 Å². The number of nitrogens with zero attached hydrogens (tertiary/aromatic N) is 3. The van der Waals surface area contributed by atoms with Crippen LogP contribution in [-0.4, -0.2) is 41.1 Å². The summed E-state index contributed by atoms with van der Waals surface area (Å²) in [5, 5.41) is 3.50. The van der Waals surface area contributed by atoms with Gasteiger partial charge in [-0.05, 0) is 29.4 Å². The summed E-state index contributed by atoms with van der Waals surface area (Å²) in [5.74, 6) is 0.993. The molecule has 0 spiro atoms. The molecule has 0 radical (unpaired) electrons. The minimum Gasteiger partial charge on any atom is -0.369 e. The molecule has 2 amide bonds. The molecule has 1 aromatic heterocycles. The number of aromatic nitrogens is 2. The van der Waals surface area contributed by atoms with Crippen LogP contribution < -0.4 is 16.5 Å². The second-order valence-corrected chi connectivity index (χ2v) is 8.75. The molecule has 33 heavy (non-hydrogen) atoms. The van der Waals surface area contributed by atoms with Crippen molar-refractivity contribution in [1.82, 2.24) is 15.4 Å². The molecule has 1 fully saturated rings. The molecule has 170 valence electrons. The van der Waals surface area contributed by atoms with Crippen molar-refractivity contribution in [3.05, 3.63) is 59.1 Å². The molecule has 9 heteroatoms. The Hall–Kier alpha value is -3.59. The summed E-state index contributed by atoms with van der Waals surface area (Å²) in [7, 11) is 1.41. The number of nitrogens with two attached hydrogens (primary N) is 1. The van der Waals surface area contributed by atoms with Gasteiger partial charge >= 0.3 is 0 Å². The number of allylic oxidation sites excluding steroid dienone is 1. The molecule has 4 atom stereocenters. The molecule has 1 saturated carbocycles. The number of rotatable bonds is 8. The van der Waals surface area contributed by atoms with E-state index >= 15 is 0 Å². The quantitative estimate of drug-likeness (QED) is 0.417. The van der Waals surface area contributed by atoms with Crippen LogP contribution in [0.3, 0.4) is 0 Å². The number of anilines is 1. The molecule has 9 nitrogen and oxygen atoms in total. The lowest BCUT2D eigenvalue weighted by molar-refractivity contribution is -0.130. The molecule has 5 rings (SSSR count). The smallest absolute Gasteiger partial charge is 0.247 e. The molecule has 4 N–H and O–H groups in total. The topological polar surface area (TPSA) is 132 Å². The SMILES string of the molecule is CONC(=O)Cc1cccc(Cc2nc3c(c(NC4C5C=CC(C5)C4C(N)=O)n2)N=CC3)c1. The fourth-order valence-corrected chi connectivity index (χ4v) is 5.17. The van der Waals surface area contributed by atoms with Crippen LogP contribution in [0.1, 0.15) is 29.1 Å². The average Bonchev–Trinajstić information content (AvgIpc) is 3.50. The molecule has 2 aromatic rings. The number of fused-ring (bicyclic) bond motifs is 3. The second-order valence-electron chi connectivity index (χ2n) is 8.75. The van der Waals surface area contributed by atoms with Crippen LogP contribution in [0.2, 0.25) is 0 Å². The Morgan fingerprint density at radius 2 is 2.00 bits per heavy atom. The van der Waals surface area contributed by atoms with E-state index in [1.165, 1.54) is 7.11 Å². The molecule has 2 aliphatic carbocycles. The van der Waals surface area contributed by atoms with Crippen molar-refractivity contribution in [1.29, 1.82) is 0 Å². The van der Waals surface area contributed by atoms with Crippen molar-refractivity contribution in [3.8, 4) is 0 Å². The van der Waals surface area contributed by atoms with Gasteiger partial charge < -0.3 is 11.1 Å². The summed E-state index contributed by atoms with van der Waals surface area (Å²) in [6.45, 7) is 0. The number of amides is 2. The van der Waals surface area contributed by atoms with Gasteiger partial charge in [-0.2, -0.15) is 0 Å². The van der Waals surface area contributed by atoms with Gasteiger partial charge in [0.25, 0.3) is 0 Å². The largest absolute Gasteiger partial charge is 0.369 e. The highest BCUT2D eigenvalue weighted by molar-refractivity contribution is 5.82. The summed E-state index contributed by atoms with van der Waals surface area (Å²) in [5.41, 5.74) is 11.5. The summed E-state index contributed by atoms with van der Waals surface area (Å²) < 4.78 is 0. The van der Waals surface area contributed by atoms with E-state index in [1.807, 2.05) is 30.5 Å². The van der Waals surface area contributed by atoms with Gasteiger partial charge in [0.1, 0.15) is 11.5 Å². The maximum atomic E-state index is 12.1. The van der Waals surface area contributed by atoms with Crippen LogP contribution in [0.5, 0.6) is 0 Å². The Bertz CT molecular complexity index is 1160. The van der Waals surface area contributed by atoms with Gasteiger partial charge in [0, 0.05) is 25.1 Å². The van der Waals surface area contributed by atoms with Gasteiger partial charge in [-0.1, -0.05) is 36.4 Å². The summed E-state index contributed by atoms with van der Waals surface area (Å²) in [6, 6.07) is 7.68. The molecule has 3 aliphatic rings. The Balaban J connectivity index is 1.39. The van der Waals surface area contributed by atoms with Crippen molar-refractivity contribution >= 4 is 29.5 Å². The van der Waals surface area contributed by atoms with Crippen molar-refractivity contribution in [3.63, 3.8) is 0 Å². The van der Waals surface area contributed by atoms with Gasteiger partial charge in [0.15, 0.2) is 5.82 Å². The predicted octanol–water partition coefficient (Wildman–Crippen LogP) is 1.63. The van der Waals surface area contributed by atoms with E-state index in [4.69, 9.17) is 15.7 Å². The third-order valence-corrected chi connectivity index (χ3v) is 6.53. The Labute approximate surface area is 191 Å².